The molecule has 2 N–H and O–H groups in total. The van der Waals surface area contributed by atoms with Crippen molar-refractivity contribution in [2.75, 3.05) is 5.73 Å². The molecule has 3 aromatic rings. The van der Waals surface area contributed by atoms with Gasteiger partial charge in [0.2, 0.25) is 0 Å². The van der Waals surface area contributed by atoms with E-state index in [-0.39, 0.29) is 0 Å². The molecule has 2 aromatic heterocycles. The number of benzene rings is 1. The van der Waals surface area contributed by atoms with Crippen LogP contribution in [0.2, 0.25) is 5.02 Å². The molecule has 0 fully saturated rings. The Hall–Kier alpha value is -2.23. The van der Waals surface area contributed by atoms with Gasteiger partial charge < -0.3 is 10.3 Å². The van der Waals surface area contributed by atoms with Gasteiger partial charge >= 0.3 is 0 Å². The van der Waals surface area contributed by atoms with Crippen LogP contribution in [0, 0.1) is 19.3 Å². The molecule has 0 atom stereocenters. The number of anilines is 1. The molecule has 2 heterocycles. The number of nitrogen functional groups attached to an aromatic ring is 1. The number of hydrogen-bond donors (Lipinski definition) is 1. The number of unbranched alkanes of at least 4 members (excludes halogenated alkanes) is 1. The average molecular weight is 358 g/mol. The first-order valence-electron chi connectivity index (χ1n) is 7.45. The van der Waals surface area contributed by atoms with E-state index in [9.17, 15) is 0 Å². The van der Waals surface area contributed by atoms with Gasteiger partial charge in [0.25, 0.3) is 0 Å². The predicted molar refractivity (Wildman–Crippen MR) is 98.1 cm³/mol. The first-order chi connectivity index (χ1) is 11.6. The van der Waals surface area contributed by atoms with Crippen molar-refractivity contribution in [3.05, 3.63) is 35.1 Å². The fraction of sp³-hybridized carbons (Fsp3) is 0.235. The van der Waals surface area contributed by atoms with Crippen LogP contribution in [0.1, 0.15) is 18.4 Å². The summed E-state index contributed by atoms with van der Waals surface area (Å²) in [6.07, 6.45) is 8.33. The van der Waals surface area contributed by atoms with Crippen molar-refractivity contribution in [3.8, 4) is 12.3 Å². The van der Waals surface area contributed by atoms with Gasteiger partial charge in [0, 0.05) is 17.9 Å². The molecule has 0 amide bonds. The number of rotatable bonds is 5. The van der Waals surface area contributed by atoms with E-state index in [1.54, 1.807) is 0 Å². The zero-order valence-corrected chi connectivity index (χ0v) is 14.7. The van der Waals surface area contributed by atoms with E-state index in [0.29, 0.717) is 29.9 Å². The summed E-state index contributed by atoms with van der Waals surface area (Å²) in [5.74, 6) is 3.02. The van der Waals surface area contributed by atoms with Gasteiger partial charge in [0.15, 0.2) is 22.1 Å². The third-order valence-electron chi connectivity index (χ3n) is 3.59. The fourth-order valence-corrected chi connectivity index (χ4v) is 3.61. The summed E-state index contributed by atoms with van der Waals surface area (Å²) < 4.78 is 2.02. The molecule has 0 spiro atoms. The van der Waals surface area contributed by atoms with Gasteiger partial charge in [0.1, 0.15) is 6.33 Å². The number of aryl methyl sites for hydroxylation is 2. The summed E-state index contributed by atoms with van der Waals surface area (Å²) >= 11 is 7.91. The fourth-order valence-electron chi connectivity index (χ4n) is 2.35. The number of imidazole rings is 1. The Morgan fingerprint density at radius 1 is 1.38 bits per heavy atom. The lowest BCUT2D eigenvalue weighted by molar-refractivity contribution is 0.615. The Morgan fingerprint density at radius 3 is 3.00 bits per heavy atom. The van der Waals surface area contributed by atoms with Crippen LogP contribution in [0.25, 0.3) is 11.2 Å². The molecule has 24 heavy (non-hydrogen) atoms. The van der Waals surface area contributed by atoms with Crippen LogP contribution in [0.3, 0.4) is 0 Å². The quantitative estimate of drug-likeness (QED) is 0.553. The monoisotopic (exact) mass is 357 g/mol. The third kappa shape index (κ3) is 3.18. The third-order valence-corrected chi connectivity index (χ3v) is 5.25. The number of terminal acetylenes is 1. The highest BCUT2D eigenvalue weighted by molar-refractivity contribution is 7.99. The highest BCUT2D eigenvalue weighted by Crippen LogP contribution is 2.36. The van der Waals surface area contributed by atoms with Crippen molar-refractivity contribution in [1.82, 2.24) is 19.5 Å². The molecule has 0 bridgehead atoms. The summed E-state index contributed by atoms with van der Waals surface area (Å²) in [4.78, 5) is 13.9. The molecule has 5 nitrogen and oxygen atoms in total. The first-order valence-corrected chi connectivity index (χ1v) is 8.64. The topological polar surface area (TPSA) is 69.6 Å². The molecule has 0 aliphatic carbocycles. The van der Waals surface area contributed by atoms with Crippen molar-refractivity contribution >= 4 is 40.3 Å². The SMILES string of the molecule is C#CCCCn1c(Sc2cccc(C)c2Cl)nc2c(N)ncnc21. The van der Waals surface area contributed by atoms with Gasteiger partial charge in [-0.15, -0.1) is 12.3 Å². The maximum Gasteiger partial charge on any atom is 0.175 e. The van der Waals surface area contributed by atoms with Gasteiger partial charge in [-0.2, -0.15) is 0 Å². The molecular weight excluding hydrogens is 342 g/mol. The van der Waals surface area contributed by atoms with E-state index in [1.165, 1.54) is 18.1 Å². The first kappa shape index (κ1) is 16.6. The highest BCUT2D eigenvalue weighted by Gasteiger charge is 2.17. The molecule has 0 aliphatic rings. The largest absolute Gasteiger partial charge is 0.382 e. The summed E-state index contributed by atoms with van der Waals surface area (Å²) in [5, 5.41) is 1.51. The van der Waals surface area contributed by atoms with Gasteiger partial charge in [0.05, 0.1) is 5.02 Å². The second kappa shape index (κ2) is 7.12. The Balaban J connectivity index is 2.05. The van der Waals surface area contributed by atoms with Crippen molar-refractivity contribution in [3.63, 3.8) is 0 Å². The number of nitrogens with zero attached hydrogens (tertiary/aromatic N) is 4. The van der Waals surface area contributed by atoms with E-state index in [1.807, 2.05) is 29.7 Å². The summed E-state index contributed by atoms with van der Waals surface area (Å²) in [7, 11) is 0. The molecule has 122 valence electrons. The molecule has 0 saturated heterocycles. The van der Waals surface area contributed by atoms with Gasteiger partial charge in [-0.05, 0) is 36.7 Å². The zero-order chi connectivity index (χ0) is 17.1. The highest BCUT2D eigenvalue weighted by atomic mass is 35.5. The normalized spacial score (nSPS) is 10.9. The summed E-state index contributed by atoms with van der Waals surface area (Å²) in [6.45, 7) is 2.69. The minimum Gasteiger partial charge on any atom is -0.382 e. The second-order valence-corrected chi connectivity index (χ2v) is 6.66. The Kier molecular flexibility index (Phi) is 4.93. The van der Waals surface area contributed by atoms with Crippen LogP contribution in [-0.2, 0) is 6.54 Å². The number of aromatic nitrogens is 4. The smallest absolute Gasteiger partial charge is 0.175 e. The van der Waals surface area contributed by atoms with E-state index in [4.69, 9.17) is 23.8 Å². The Bertz CT molecular complexity index is 929. The molecule has 0 saturated carbocycles. The summed E-state index contributed by atoms with van der Waals surface area (Å²) in [5.41, 5.74) is 8.29. The molecular formula is C17H16ClN5S. The Labute approximate surface area is 149 Å². The van der Waals surface area contributed by atoms with Crippen LogP contribution in [0.15, 0.2) is 34.6 Å². The van der Waals surface area contributed by atoms with Crippen molar-refractivity contribution in [2.45, 2.75) is 36.4 Å². The standard InChI is InChI=1S/C17H16ClN5S/c1-3-4-5-9-23-16-14(15(19)20-10-21-16)22-17(23)24-12-8-6-7-11(2)13(12)18/h1,6-8,10H,4-5,9H2,2H3,(H2,19,20,21). The number of nitrogens with two attached hydrogens (primary N) is 1. The Morgan fingerprint density at radius 2 is 2.21 bits per heavy atom. The van der Waals surface area contributed by atoms with Crippen LogP contribution >= 0.6 is 23.4 Å². The minimum absolute atomic E-state index is 0.368. The van der Waals surface area contributed by atoms with Gasteiger partial charge in [-0.25, -0.2) is 15.0 Å². The van der Waals surface area contributed by atoms with E-state index < -0.39 is 0 Å². The van der Waals surface area contributed by atoms with Crippen LogP contribution in [0.4, 0.5) is 5.82 Å². The zero-order valence-electron chi connectivity index (χ0n) is 13.2. The number of hydrogen-bond acceptors (Lipinski definition) is 5. The molecule has 0 aliphatic heterocycles. The lowest BCUT2D eigenvalue weighted by Gasteiger charge is -2.09. The van der Waals surface area contributed by atoms with E-state index >= 15 is 0 Å². The van der Waals surface area contributed by atoms with E-state index in [2.05, 4.69) is 20.9 Å². The van der Waals surface area contributed by atoms with Crippen molar-refractivity contribution in [1.29, 1.82) is 0 Å². The van der Waals surface area contributed by atoms with Crippen molar-refractivity contribution in [2.24, 2.45) is 0 Å². The van der Waals surface area contributed by atoms with Gasteiger partial charge in [-0.1, -0.05) is 23.7 Å². The maximum atomic E-state index is 6.42. The van der Waals surface area contributed by atoms with Gasteiger partial charge in [-0.3, -0.25) is 0 Å². The van der Waals surface area contributed by atoms with Crippen molar-refractivity contribution < 1.29 is 0 Å². The lowest BCUT2D eigenvalue weighted by Crippen LogP contribution is -2.02. The average Bonchev–Trinajstić information content (AvgIpc) is 2.91. The predicted octanol–water partition coefficient (Wildman–Crippen LogP) is 3.93. The van der Waals surface area contributed by atoms with E-state index in [0.717, 1.165) is 27.1 Å². The molecule has 0 unspecified atom stereocenters. The van der Waals surface area contributed by atoms with Crippen LogP contribution < -0.4 is 5.73 Å². The second-order valence-electron chi connectivity index (χ2n) is 5.27. The minimum atomic E-state index is 0.368. The molecule has 3 rings (SSSR count). The molecule has 1 aromatic carbocycles. The number of halogens is 1. The van der Waals surface area contributed by atoms with Crippen LogP contribution in [-0.4, -0.2) is 19.5 Å². The summed E-state index contributed by atoms with van der Waals surface area (Å²) in [6, 6.07) is 5.93. The van der Waals surface area contributed by atoms with Crippen LogP contribution in [0.5, 0.6) is 0 Å². The molecule has 7 heteroatoms. The maximum absolute atomic E-state index is 6.42. The lowest BCUT2D eigenvalue weighted by atomic mass is 10.2. The number of fused-ring (bicyclic) bond motifs is 1. The molecule has 0 radical (unpaired) electrons.